The Balaban J connectivity index is 0.00000408. The van der Waals surface area contributed by atoms with E-state index in [0.717, 1.165) is 50.5 Å². The van der Waals surface area contributed by atoms with Crippen molar-refractivity contribution in [3.8, 4) is 5.97 Å². The first-order valence-corrected chi connectivity index (χ1v) is 12.5. The topological polar surface area (TPSA) is 91.2 Å². The average Bonchev–Trinajstić information content (AvgIpc) is 3.13. The van der Waals surface area contributed by atoms with Crippen LogP contribution in [0, 0.1) is 22.6 Å². The zero-order chi connectivity index (χ0) is 23.8. The van der Waals surface area contributed by atoms with E-state index in [2.05, 4.69) is 37.4 Å². The molecule has 1 aromatic carbocycles. The number of hydrogen-bond donors (Lipinski definition) is 2. The van der Waals surface area contributed by atoms with Gasteiger partial charge in [-0.1, -0.05) is 76.7 Å². The van der Waals surface area contributed by atoms with Gasteiger partial charge in [0.2, 0.25) is 5.91 Å². The third-order valence-corrected chi connectivity index (χ3v) is 7.92. The molecule has 2 amide bonds. The minimum absolute atomic E-state index is 0. The Kier molecular flexibility index (Phi) is 10.5. The predicted octanol–water partition coefficient (Wildman–Crippen LogP) is 5.75. The molecule has 186 valence electrons. The summed E-state index contributed by atoms with van der Waals surface area (Å²) in [4.78, 5) is 24.7. The van der Waals surface area contributed by atoms with Gasteiger partial charge in [0.1, 0.15) is 6.61 Å². The molecule has 3 atom stereocenters. The quantitative estimate of drug-likeness (QED) is 0.429. The average molecular weight is 467 g/mol. The monoisotopic (exact) mass is 467 g/mol. The van der Waals surface area contributed by atoms with Crippen molar-refractivity contribution in [3.05, 3.63) is 35.9 Å². The summed E-state index contributed by atoms with van der Waals surface area (Å²) in [5, 5.41) is 15.5. The molecule has 0 aromatic heterocycles. The molecule has 3 unspecified atom stereocenters. The van der Waals surface area contributed by atoms with E-state index in [1.165, 1.54) is 0 Å². The number of nitrogens with zero attached hydrogens (tertiary/aromatic N) is 1. The van der Waals surface area contributed by atoms with Gasteiger partial charge in [0.15, 0.2) is 0 Å². The van der Waals surface area contributed by atoms with Crippen LogP contribution < -0.4 is 10.6 Å². The largest absolute Gasteiger partial charge is 0.445 e. The van der Waals surface area contributed by atoms with E-state index >= 15 is 0 Å². The van der Waals surface area contributed by atoms with Gasteiger partial charge < -0.3 is 15.4 Å². The van der Waals surface area contributed by atoms with Crippen LogP contribution in [0.15, 0.2) is 30.3 Å². The van der Waals surface area contributed by atoms with E-state index in [-0.39, 0.29) is 44.0 Å². The summed E-state index contributed by atoms with van der Waals surface area (Å²) in [7, 11) is 0. The lowest BCUT2D eigenvalue weighted by atomic mass is 9.38. The van der Waals surface area contributed by atoms with Crippen molar-refractivity contribution >= 4 is 18.7 Å². The second-order valence-electron chi connectivity index (χ2n) is 10.3. The van der Waals surface area contributed by atoms with Gasteiger partial charge in [-0.15, -0.1) is 0 Å². The molecule has 1 aliphatic carbocycles. The van der Waals surface area contributed by atoms with Crippen molar-refractivity contribution in [1.29, 1.82) is 5.26 Å². The number of carbonyl (C=O) groups is 2. The van der Waals surface area contributed by atoms with Crippen LogP contribution in [-0.2, 0) is 16.1 Å². The van der Waals surface area contributed by atoms with Gasteiger partial charge in [0.25, 0.3) is 6.71 Å². The van der Waals surface area contributed by atoms with E-state index in [0.29, 0.717) is 18.2 Å². The number of ether oxygens (including phenoxy) is 1. The molecule has 0 bridgehead atoms. The molecule has 0 radical (unpaired) electrons. The van der Waals surface area contributed by atoms with Crippen molar-refractivity contribution < 1.29 is 14.3 Å². The highest BCUT2D eigenvalue weighted by atomic mass is 16.5. The molecule has 0 spiro atoms. The molecule has 34 heavy (non-hydrogen) atoms. The second-order valence-corrected chi connectivity index (χ2v) is 10.3. The molecular weight excluding hydrogens is 425 g/mol. The normalized spacial score (nSPS) is 26.4. The zero-order valence-electron chi connectivity index (χ0n) is 20.3. The highest BCUT2D eigenvalue weighted by Gasteiger charge is 2.46. The second kappa shape index (κ2) is 12.8. The Hall–Kier alpha value is -2.49. The Morgan fingerprint density at radius 1 is 1.26 bits per heavy atom. The first-order chi connectivity index (χ1) is 15.9. The lowest BCUT2D eigenvalue weighted by Crippen LogP contribution is -2.48. The van der Waals surface area contributed by atoms with Crippen LogP contribution in [-0.4, -0.2) is 31.3 Å². The number of alkyl carbamates (subject to hydrolysis) is 1. The molecule has 2 aliphatic rings. The molecule has 7 heteroatoms. The van der Waals surface area contributed by atoms with Crippen molar-refractivity contribution in [3.63, 3.8) is 0 Å². The maximum Gasteiger partial charge on any atom is 0.407 e. The van der Waals surface area contributed by atoms with E-state index in [1.807, 2.05) is 30.3 Å². The van der Waals surface area contributed by atoms with Crippen LogP contribution in [0.3, 0.4) is 0 Å². The molecule has 1 saturated carbocycles. The van der Waals surface area contributed by atoms with Gasteiger partial charge in [-0.2, -0.15) is 0 Å². The minimum atomic E-state index is -0.399. The maximum absolute atomic E-state index is 12.8. The van der Waals surface area contributed by atoms with Crippen molar-refractivity contribution in [2.45, 2.75) is 97.4 Å². The van der Waals surface area contributed by atoms with Crippen LogP contribution in [0.1, 0.15) is 78.7 Å². The fourth-order valence-corrected chi connectivity index (χ4v) is 5.72. The molecule has 2 fully saturated rings. The van der Waals surface area contributed by atoms with Gasteiger partial charge in [-0.25, -0.2) is 10.1 Å². The Labute approximate surface area is 206 Å². The predicted molar refractivity (Wildman–Crippen MR) is 137 cm³/mol. The third-order valence-electron chi connectivity index (χ3n) is 7.92. The Morgan fingerprint density at radius 3 is 2.62 bits per heavy atom. The first-order valence-electron chi connectivity index (χ1n) is 12.5. The van der Waals surface area contributed by atoms with E-state index in [1.54, 1.807) is 0 Å². The van der Waals surface area contributed by atoms with E-state index in [4.69, 9.17) is 4.74 Å². The summed E-state index contributed by atoms with van der Waals surface area (Å²) >= 11 is 0. The first kappa shape index (κ1) is 27.8. The lowest BCUT2D eigenvalue weighted by Gasteiger charge is -2.47. The highest BCUT2D eigenvalue weighted by molar-refractivity contribution is 6.70. The standard InChI is InChI=1S/C26H38BN3O3.CH4/c1-4-26(12-13-29-25(32)33-17-21-8-6-5-7-9-21)15-22(16-26)24(31)30-20(3)14-23-11-10-19(2)27(23)18-28;/h5-9,19-20,22-23H,4,10-17H2,1-3H3,(H,29,32)(H,30,31);1H4. The Bertz CT molecular complexity index is 835. The van der Waals surface area contributed by atoms with E-state index < -0.39 is 6.09 Å². The van der Waals surface area contributed by atoms with Crippen molar-refractivity contribution in [2.75, 3.05) is 6.54 Å². The van der Waals surface area contributed by atoms with E-state index in [9.17, 15) is 14.9 Å². The summed E-state index contributed by atoms with van der Waals surface area (Å²) in [6.07, 6.45) is 6.26. The summed E-state index contributed by atoms with van der Waals surface area (Å²) in [6.45, 7) is 7.32. The molecule has 1 heterocycles. The van der Waals surface area contributed by atoms with Crippen LogP contribution in [0.25, 0.3) is 0 Å². The lowest BCUT2D eigenvalue weighted by molar-refractivity contribution is -0.133. The van der Waals surface area contributed by atoms with Crippen LogP contribution in [0.5, 0.6) is 0 Å². The Morgan fingerprint density at radius 2 is 1.97 bits per heavy atom. The summed E-state index contributed by atoms with van der Waals surface area (Å²) < 4.78 is 5.27. The number of carbonyl (C=O) groups excluding carboxylic acids is 2. The highest BCUT2D eigenvalue weighted by Crippen LogP contribution is 2.50. The number of nitrogens with one attached hydrogen (secondary N) is 2. The van der Waals surface area contributed by atoms with Crippen molar-refractivity contribution in [1.82, 2.24) is 10.6 Å². The number of rotatable bonds is 10. The smallest absolute Gasteiger partial charge is 0.407 e. The van der Waals surface area contributed by atoms with Crippen LogP contribution >= 0.6 is 0 Å². The van der Waals surface area contributed by atoms with Gasteiger partial charge in [-0.05, 0) is 49.4 Å². The molecule has 1 saturated heterocycles. The van der Waals surface area contributed by atoms with Crippen LogP contribution in [0.4, 0.5) is 4.79 Å². The molecule has 3 rings (SSSR count). The molecule has 2 N–H and O–H groups in total. The molecule has 1 aromatic rings. The van der Waals surface area contributed by atoms with Gasteiger partial charge in [0.05, 0.1) is 0 Å². The molecule has 1 aliphatic heterocycles. The minimum Gasteiger partial charge on any atom is -0.445 e. The summed E-state index contributed by atoms with van der Waals surface area (Å²) in [6, 6.07) is 9.72. The van der Waals surface area contributed by atoms with Crippen LogP contribution in [0.2, 0.25) is 11.6 Å². The summed E-state index contributed by atoms with van der Waals surface area (Å²) in [5.41, 5.74) is 1.08. The third kappa shape index (κ3) is 7.25. The SMILES string of the molecule is C.CCC1(CCNC(=O)OCc2ccccc2)CC(C(=O)NC(C)CC2CCC(C)B2C#N)C1. The zero-order valence-corrected chi connectivity index (χ0v) is 20.3. The fourth-order valence-electron chi connectivity index (χ4n) is 5.72. The summed E-state index contributed by atoms with van der Waals surface area (Å²) in [5.74, 6) is 3.52. The molecular formula is C27H42BN3O3. The number of amides is 2. The number of hydrogen-bond acceptors (Lipinski definition) is 4. The molecule has 6 nitrogen and oxygen atoms in total. The van der Waals surface area contributed by atoms with Gasteiger partial charge in [-0.3, -0.25) is 4.79 Å². The maximum atomic E-state index is 12.8. The number of benzene rings is 1. The van der Waals surface area contributed by atoms with Gasteiger partial charge in [0, 0.05) is 24.5 Å². The van der Waals surface area contributed by atoms with Gasteiger partial charge >= 0.3 is 6.09 Å². The number of nitriles is 1. The fraction of sp³-hybridized carbons (Fsp3) is 0.667. The van der Waals surface area contributed by atoms with Crippen molar-refractivity contribution in [2.24, 2.45) is 11.3 Å².